The first-order chi connectivity index (χ1) is 14.9. The molecular formula is C23H34N4O4. The molecule has 31 heavy (non-hydrogen) atoms. The number of carbonyl (C=O) groups excluding carboxylic acids is 3. The van der Waals surface area contributed by atoms with Crippen LogP contribution in [-0.4, -0.2) is 60.6 Å². The van der Waals surface area contributed by atoms with Crippen LogP contribution in [0.15, 0.2) is 24.3 Å². The highest BCUT2D eigenvalue weighted by molar-refractivity contribution is 6.11. The second-order valence-electron chi connectivity index (χ2n) is 8.56. The van der Waals surface area contributed by atoms with E-state index in [1.54, 1.807) is 13.8 Å². The fourth-order valence-corrected chi connectivity index (χ4v) is 4.08. The van der Waals surface area contributed by atoms with E-state index in [0.29, 0.717) is 25.3 Å². The van der Waals surface area contributed by atoms with Crippen molar-refractivity contribution in [2.45, 2.75) is 64.5 Å². The van der Waals surface area contributed by atoms with Crippen LogP contribution in [0.1, 0.15) is 52.9 Å². The van der Waals surface area contributed by atoms with Crippen LogP contribution in [0.2, 0.25) is 0 Å². The molecule has 2 aliphatic heterocycles. The number of hydrogen-bond donors (Lipinski definition) is 2. The molecule has 0 spiro atoms. The zero-order valence-electron chi connectivity index (χ0n) is 18.8. The number of benzene rings is 1. The highest BCUT2D eigenvalue weighted by atomic mass is 16.5. The molecule has 2 heterocycles. The first-order valence-corrected chi connectivity index (χ1v) is 11.2. The predicted octanol–water partition coefficient (Wildman–Crippen LogP) is 3.13. The van der Waals surface area contributed by atoms with Crippen molar-refractivity contribution in [2.75, 3.05) is 36.5 Å². The van der Waals surface area contributed by atoms with Gasteiger partial charge in [0.25, 0.3) is 5.91 Å². The van der Waals surface area contributed by atoms with Crippen LogP contribution in [0.4, 0.5) is 16.2 Å². The van der Waals surface area contributed by atoms with Crippen LogP contribution in [-0.2, 0) is 14.3 Å². The summed E-state index contributed by atoms with van der Waals surface area (Å²) in [6, 6.07) is 6.16. The number of morpholine rings is 1. The lowest BCUT2D eigenvalue weighted by atomic mass is 9.94. The summed E-state index contributed by atoms with van der Waals surface area (Å²) in [5.74, 6) is -0.725. The van der Waals surface area contributed by atoms with E-state index in [0.717, 1.165) is 49.4 Å². The number of amides is 4. The number of hydrogen-bond acceptors (Lipinski definition) is 5. The van der Waals surface area contributed by atoms with Gasteiger partial charge in [-0.1, -0.05) is 32.6 Å². The van der Waals surface area contributed by atoms with E-state index in [4.69, 9.17) is 4.74 Å². The molecule has 1 aromatic carbocycles. The molecule has 170 valence electrons. The highest BCUT2D eigenvalue weighted by Crippen LogP contribution is 2.26. The van der Waals surface area contributed by atoms with Crippen LogP contribution in [0.5, 0.6) is 0 Å². The van der Waals surface area contributed by atoms with E-state index in [2.05, 4.69) is 22.5 Å². The number of nitrogens with one attached hydrogen (secondary N) is 2. The largest absolute Gasteiger partial charge is 0.378 e. The average Bonchev–Trinajstić information content (AvgIpc) is 3.00. The fourth-order valence-electron chi connectivity index (χ4n) is 4.08. The summed E-state index contributed by atoms with van der Waals surface area (Å²) >= 11 is 0. The summed E-state index contributed by atoms with van der Waals surface area (Å²) < 4.78 is 5.37. The lowest BCUT2D eigenvalue weighted by Crippen LogP contribution is -2.48. The first kappa shape index (κ1) is 23.1. The topological polar surface area (TPSA) is 91.0 Å². The minimum atomic E-state index is -0.945. The van der Waals surface area contributed by atoms with E-state index in [1.165, 1.54) is 0 Å². The van der Waals surface area contributed by atoms with Gasteiger partial charge in [0.15, 0.2) is 0 Å². The molecule has 1 aromatic rings. The Hall–Kier alpha value is -2.61. The molecule has 4 amide bonds. The van der Waals surface area contributed by atoms with Crippen LogP contribution in [0, 0.1) is 0 Å². The molecule has 0 unspecified atom stereocenters. The van der Waals surface area contributed by atoms with Gasteiger partial charge in [-0.3, -0.25) is 9.59 Å². The second kappa shape index (κ2) is 10.1. The summed E-state index contributed by atoms with van der Waals surface area (Å²) in [6.45, 7) is 8.55. The van der Waals surface area contributed by atoms with Gasteiger partial charge in [0.1, 0.15) is 11.6 Å². The molecule has 0 aliphatic carbocycles. The molecule has 0 radical (unpaired) electrons. The smallest absolute Gasteiger partial charge is 0.325 e. The van der Waals surface area contributed by atoms with E-state index >= 15 is 0 Å². The lowest BCUT2D eigenvalue weighted by Gasteiger charge is -2.29. The molecule has 2 aliphatic rings. The Morgan fingerprint density at radius 1 is 1.16 bits per heavy atom. The van der Waals surface area contributed by atoms with E-state index in [1.807, 2.05) is 24.3 Å². The second-order valence-corrected chi connectivity index (χ2v) is 8.56. The zero-order valence-corrected chi connectivity index (χ0v) is 18.8. The van der Waals surface area contributed by atoms with Gasteiger partial charge in [-0.2, -0.15) is 0 Å². The maximum atomic E-state index is 13.0. The lowest BCUT2D eigenvalue weighted by molar-refractivity contribution is -0.136. The van der Waals surface area contributed by atoms with Crippen molar-refractivity contribution in [2.24, 2.45) is 0 Å². The predicted molar refractivity (Wildman–Crippen MR) is 120 cm³/mol. The van der Waals surface area contributed by atoms with Gasteiger partial charge in [0, 0.05) is 24.5 Å². The number of carbonyl (C=O) groups is 3. The Balaban J connectivity index is 1.58. The Labute approximate surface area is 184 Å². The number of unbranched alkanes of at least 4 members (excludes halogenated alkanes) is 3. The van der Waals surface area contributed by atoms with Crippen LogP contribution in [0.3, 0.4) is 0 Å². The van der Waals surface area contributed by atoms with Gasteiger partial charge in [-0.25, -0.2) is 9.69 Å². The number of urea groups is 1. The van der Waals surface area contributed by atoms with Crippen LogP contribution < -0.4 is 15.5 Å². The van der Waals surface area contributed by atoms with Crippen molar-refractivity contribution in [1.82, 2.24) is 10.2 Å². The third-order valence-corrected chi connectivity index (χ3v) is 6.10. The van der Waals surface area contributed by atoms with Crippen molar-refractivity contribution in [1.29, 1.82) is 0 Å². The summed E-state index contributed by atoms with van der Waals surface area (Å²) in [4.78, 5) is 41.5. The average molecular weight is 431 g/mol. The normalized spacial score (nSPS) is 22.4. The van der Waals surface area contributed by atoms with Gasteiger partial charge >= 0.3 is 6.03 Å². The molecule has 2 saturated heterocycles. The van der Waals surface area contributed by atoms with Crippen molar-refractivity contribution in [3.8, 4) is 0 Å². The minimum absolute atomic E-state index is 0.334. The molecule has 8 heteroatoms. The van der Waals surface area contributed by atoms with Crippen LogP contribution in [0.25, 0.3) is 0 Å². The van der Waals surface area contributed by atoms with Gasteiger partial charge in [-0.05, 0) is 44.5 Å². The van der Waals surface area contributed by atoms with E-state index in [9.17, 15) is 14.4 Å². The maximum Gasteiger partial charge on any atom is 0.325 e. The standard InChI is InChI=1S/C23H34N4O4/c1-4-5-6-7-12-23(3)21(29)27(22(30)25-23)17(2)20(28)24-18-8-10-19(11-9-18)26-13-15-31-16-14-26/h8-11,17H,4-7,12-16H2,1-3H3,(H,24,28)(H,25,30)/t17-,23-/m0/s1. The number of anilines is 2. The molecule has 0 bridgehead atoms. The van der Waals surface area contributed by atoms with Gasteiger partial charge in [-0.15, -0.1) is 0 Å². The minimum Gasteiger partial charge on any atom is -0.378 e. The van der Waals surface area contributed by atoms with Crippen molar-refractivity contribution >= 4 is 29.2 Å². The molecule has 3 rings (SSSR count). The van der Waals surface area contributed by atoms with Gasteiger partial charge in [0.05, 0.1) is 13.2 Å². The molecular weight excluding hydrogens is 396 g/mol. The van der Waals surface area contributed by atoms with Crippen molar-refractivity contribution < 1.29 is 19.1 Å². The molecule has 0 aromatic heterocycles. The van der Waals surface area contributed by atoms with Crippen LogP contribution >= 0.6 is 0 Å². The molecule has 2 N–H and O–H groups in total. The fraction of sp³-hybridized carbons (Fsp3) is 0.609. The highest BCUT2D eigenvalue weighted by Gasteiger charge is 2.50. The summed E-state index contributed by atoms with van der Waals surface area (Å²) in [7, 11) is 0. The number of imide groups is 1. The Kier molecular flexibility index (Phi) is 7.54. The molecule has 2 atom stereocenters. The quantitative estimate of drug-likeness (QED) is 0.464. The summed E-state index contributed by atoms with van der Waals surface area (Å²) in [5.41, 5.74) is 0.754. The summed E-state index contributed by atoms with van der Waals surface area (Å²) in [6.07, 6.45) is 4.66. The van der Waals surface area contributed by atoms with Gasteiger partial charge < -0.3 is 20.3 Å². The zero-order chi connectivity index (χ0) is 22.4. The Morgan fingerprint density at radius 3 is 2.48 bits per heavy atom. The van der Waals surface area contributed by atoms with Crippen molar-refractivity contribution in [3.63, 3.8) is 0 Å². The molecule has 2 fully saturated rings. The third-order valence-electron chi connectivity index (χ3n) is 6.10. The Bertz CT molecular complexity index is 791. The monoisotopic (exact) mass is 430 g/mol. The first-order valence-electron chi connectivity index (χ1n) is 11.2. The Morgan fingerprint density at radius 2 is 1.84 bits per heavy atom. The maximum absolute atomic E-state index is 13.0. The molecule has 0 saturated carbocycles. The third kappa shape index (κ3) is 5.36. The molecule has 8 nitrogen and oxygen atoms in total. The van der Waals surface area contributed by atoms with Crippen molar-refractivity contribution in [3.05, 3.63) is 24.3 Å². The number of ether oxygens (including phenoxy) is 1. The SMILES string of the molecule is CCCCCC[C@]1(C)NC(=O)N([C@@H](C)C(=O)Nc2ccc(N3CCOCC3)cc2)C1=O. The summed E-state index contributed by atoms with van der Waals surface area (Å²) in [5, 5.41) is 5.61. The van der Waals surface area contributed by atoms with E-state index in [-0.39, 0.29) is 5.91 Å². The van der Waals surface area contributed by atoms with Gasteiger partial charge in [0.2, 0.25) is 5.91 Å². The van der Waals surface area contributed by atoms with E-state index < -0.39 is 23.5 Å². The number of nitrogens with zero attached hydrogens (tertiary/aromatic N) is 2. The number of rotatable bonds is 9.